The topological polar surface area (TPSA) is 38.7 Å². The molecule has 0 unspecified atom stereocenters. The molecule has 0 aromatic heterocycles. The van der Waals surface area contributed by atoms with Gasteiger partial charge in [0.2, 0.25) is 0 Å². The Bertz CT molecular complexity index is 244. The lowest BCUT2D eigenvalue weighted by Gasteiger charge is -2.36. The monoisotopic (exact) mass is 269 g/mol. The SMILES string of the molecule is C[C@@H]1C[C@H](C)CN(C[C@H](O)CN2CCCNCC2)C1. The van der Waals surface area contributed by atoms with Gasteiger partial charge in [0.15, 0.2) is 0 Å². The largest absolute Gasteiger partial charge is 0.390 e. The summed E-state index contributed by atoms with van der Waals surface area (Å²) in [6.45, 7) is 13.0. The van der Waals surface area contributed by atoms with Crippen molar-refractivity contribution in [2.24, 2.45) is 11.8 Å². The fourth-order valence-corrected chi connectivity index (χ4v) is 3.68. The molecule has 4 heteroatoms. The Hall–Kier alpha value is -0.160. The molecule has 2 aliphatic heterocycles. The summed E-state index contributed by atoms with van der Waals surface area (Å²) in [5.41, 5.74) is 0. The van der Waals surface area contributed by atoms with Crippen molar-refractivity contribution in [1.29, 1.82) is 0 Å². The number of β-amino-alcohol motifs (C(OH)–C–C–N with tert-alkyl or cyclic N) is 1. The second-order valence-corrected chi connectivity index (χ2v) is 6.72. The van der Waals surface area contributed by atoms with Crippen molar-refractivity contribution in [1.82, 2.24) is 15.1 Å². The zero-order valence-corrected chi connectivity index (χ0v) is 12.6. The summed E-state index contributed by atoms with van der Waals surface area (Å²) >= 11 is 0. The number of rotatable bonds is 4. The number of aliphatic hydroxyl groups is 1. The molecular formula is C15H31N3O. The Morgan fingerprint density at radius 2 is 1.74 bits per heavy atom. The van der Waals surface area contributed by atoms with Crippen LogP contribution in [-0.4, -0.2) is 73.4 Å². The van der Waals surface area contributed by atoms with Crippen molar-refractivity contribution in [3.63, 3.8) is 0 Å². The van der Waals surface area contributed by atoms with Crippen LogP contribution in [0.15, 0.2) is 0 Å². The fraction of sp³-hybridized carbons (Fsp3) is 1.00. The van der Waals surface area contributed by atoms with Crippen LogP contribution in [0, 0.1) is 11.8 Å². The molecule has 19 heavy (non-hydrogen) atoms. The molecule has 2 N–H and O–H groups in total. The predicted octanol–water partition coefficient (Wildman–Crippen LogP) is 0.621. The van der Waals surface area contributed by atoms with Gasteiger partial charge < -0.3 is 15.3 Å². The first-order chi connectivity index (χ1) is 9.13. The van der Waals surface area contributed by atoms with Gasteiger partial charge in [-0.2, -0.15) is 0 Å². The molecule has 2 rings (SSSR count). The molecule has 2 heterocycles. The third-order valence-electron chi connectivity index (χ3n) is 4.32. The standard InChI is InChI=1S/C15H31N3O/c1-13-8-14(2)10-18(9-13)12-15(19)11-17-6-3-4-16-5-7-17/h13-16,19H,3-12H2,1-2H3/t13-,14+,15-/m1/s1. The van der Waals surface area contributed by atoms with Gasteiger partial charge in [0.25, 0.3) is 0 Å². The van der Waals surface area contributed by atoms with E-state index in [4.69, 9.17) is 0 Å². The number of nitrogens with one attached hydrogen (secondary N) is 1. The maximum absolute atomic E-state index is 10.3. The number of nitrogens with zero attached hydrogens (tertiary/aromatic N) is 2. The molecule has 2 aliphatic rings. The molecule has 0 saturated carbocycles. The fourth-order valence-electron chi connectivity index (χ4n) is 3.68. The normalized spacial score (nSPS) is 33.0. The number of hydrogen-bond acceptors (Lipinski definition) is 4. The van der Waals surface area contributed by atoms with Gasteiger partial charge in [-0.05, 0) is 37.8 Å². The summed E-state index contributed by atoms with van der Waals surface area (Å²) in [7, 11) is 0. The van der Waals surface area contributed by atoms with E-state index in [1.54, 1.807) is 0 Å². The summed E-state index contributed by atoms with van der Waals surface area (Å²) < 4.78 is 0. The first-order valence-electron chi connectivity index (χ1n) is 7.97. The van der Waals surface area contributed by atoms with Gasteiger partial charge in [0.1, 0.15) is 0 Å². The third kappa shape index (κ3) is 5.38. The van der Waals surface area contributed by atoms with Crippen LogP contribution in [0.2, 0.25) is 0 Å². The van der Waals surface area contributed by atoms with Gasteiger partial charge >= 0.3 is 0 Å². The van der Waals surface area contributed by atoms with Gasteiger partial charge in [0.05, 0.1) is 6.10 Å². The molecule has 0 aliphatic carbocycles. The van der Waals surface area contributed by atoms with Crippen molar-refractivity contribution in [2.45, 2.75) is 32.8 Å². The van der Waals surface area contributed by atoms with Crippen molar-refractivity contribution in [3.8, 4) is 0 Å². The summed E-state index contributed by atoms with van der Waals surface area (Å²) in [6, 6.07) is 0. The molecule has 112 valence electrons. The average Bonchev–Trinajstić information content (AvgIpc) is 2.55. The van der Waals surface area contributed by atoms with Crippen molar-refractivity contribution in [3.05, 3.63) is 0 Å². The van der Waals surface area contributed by atoms with Gasteiger partial charge in [-0.3, -0.25) is 4.90 Å². The maximum Gasteiger partial charge on any atom is 0.0793 e. The van der Waals surface area contributed by atoms with E-state index in [-0.39, 0.29) is 6.10 Å². The summed E-state index contributed by atoms with van der Waals surface area (Å²) in [4.78, 5) is 4.86. The zero-order chi connectivity index (χ0) is 13.7. The van der Waals surface area contributed by atoms with Crippen LogP contribution >= 0.6 is 0 Å². The molecule has 4 nitrogen and oxygen atoms in total. The molecule has 0 aromatic carbocycles. The van der Waals surface area contributed by atoms with Crippen LogP contribution in [-0.2, 0) is 0 Å². The van der Waals surface area contributed by atoms with Crippen LogP contribution in [0.5, 0.6) is 0 Å². The van der Waals surface area contributed by atoms with E-state index in [9.17, 15) is 5.11 Å². The predicted molar refractivity (Wildman–Crippen MR) is 79.3 cm³/mol. The summed E-state index contributed by atoms with van der Waals surface area (Å²) in [5.74, 6) is 1.55. The first-order valence-corrected chi connectivity index (χ1v) is 7.97. The Labute approximate surface area is 118 Å². The highest BCUT2D eigenvalue weighted by atomic mass is 16.3. The van der Waals surface area contributed by atoms with E-state index in [1.165, 1.54) is 12.8 Å². The molecule has 0 amide bonds. The summed E-state index contributed by atoms with van der Waals surface area (Å²) in [6.07, 6.45) is 2.34. The smallest absolute Gasteiger partial charge is 0.0793 e. The van der Waals surface area contributed by atoms with Gasteiger partial charge in [-0.25, -0.2) is 0 Å². The van der Waals surface area contributed by atoms with Gasteiger partial charge in [0, 0.05) is 39.3 Å². The Kier molecular flexibility index (Phi) is 6.07. The van der Waals surface area contributed by atoms with E-state index in [1.807, 2.05) is 0 Å². The molecule has 2 fully saturated rings. The van der Waals surface area contributed by atoms with E-state index in [0.29, 0.717) is 0 Å². The highest BCUT2D eigenvalue weighted by molar-refractivity contribution is 4.78. The Morgan fingerprint density at radius 3 is 2.47 bits per heavy atom. The second-order valence-electron chi connectivity index (χ2n) is 6.72. The van der Waals surface area contributed by atoms with E-state index >= 15 is 0 Å². The highest BCUT2D eigenvalue weighted by Gasteiger charge is 2.24. The first kappa shape index (κ1) is 15.2. The van der Waals surface area contributed by atoms with Gasteiger partial charge in [-0.1, -0.05) is 13.8 Å². The third-order valence-corrected chi connectivity index (χ3v) is 4.32. The molecule has 0 spiro atoms. The molecule has 0 bridgehead atoms. The van der Waals surface area contributed by atoms with Crippen LogP contribution in [0.4, 0.5) is 0 Å². The second kappa shape index (κ2) is 7.58. The molecule has 3 atom stereocenters. The van der Waals surface area contributed by atoms with Crippen LogP contribution < -0.4 is 5.32 Å². The Balaban J connectivity index is 1.72. The van der Waals surface area contributed by atoms with Crippen molar-refractivity contribution >= 4 is 0 Å². The minimum Gasteiger partial charge on any atom is -0.390 e. The van der Waals surface area contributed by atoms with E-state index < -0.39 is 0 Å². The van der Waals surface area contributed by atoms with E-state index in [0.717, 1.165) is 64.2 Å². The molecule has 0 aromatic rings. The highest BCUT2D eigenvalue weighted by Crippen LogP contribution is 2.20. The molecule has 0 radical (unpaired) electrons. The lowest BCUT2D eigenvalue weighted by Crippen LogP contribution is -2.46. The summed E-state index contributed by atoms with van der Waals surface area (Å²) in [5, 5.41) is 13.7. The number of aliphatic hydroxyl groups excluding tert-OH is 1. The van der Waals surface area contributed by atoms with Crippen LogP contribution in [0.1, 0.15) is 26.7 Å². The average molecular weight is 269 g/mol. The lowest BCUT2D eigenvalue weighted by molar-refractivity contribution is 0.0487. The minimum absolute atomic E-state index is 0.199. The number of piperidine rings is 1. The van der Waals surface area contributed by atoms with Crippen LogP contribution in [0.3, 0.4) is 0 Å². The molecule has 2 saturated heterocycles. The van der Waals surface area contributed by atoms with Gasteiger partial charge in [-0.15, -0.1) is 0 Å². The molecular weight excluding hydrogens is 238 g/mol. The zero-order valence-electron chi connectivity index (χ0n) is 12.6. The van der Waals surface area contributed by atoms with Crippen LogP contribution in [0.25, 0.3) is 0 Å². The van der Waals surface area contributed by atoms with E-state index in [2.05, 4.69) is 29.0 Å². The number of hydrogen-bond donors (Lipinski definition) is 2. The number of likely N-dealkylation sites (tertiary alicyclic amines) is 1. The minimum atomic E-state index is -0.199. The maximum atomic E-state index is 10.3. The quantitative estimate of drug-likeness (QED) is 0.785. The Morgan fingerprint density at radius 1 is 1.05 bits per heavy atom. The lowest BCUT2D eigenvalue weighted by atomic mass is 9.92. The van der Waals surface area contributed by atoms with Crippen molar-refractivity contribution < 1.29 is 5.11 Å². The van der Waals surface area contributed by atoms with Crippen molar-refractivity contribution in [2.75, 3.05) is 52.4 Å².